The minimum absolute atomic E-state index is 0.172. The summed E-state index contributed by atoms with van der Waals surface area (Å²) in [6.45, 7) is 7.11. The summed E-state index contributed by atoms with van der Waals surface area (Å²) < 4.78 is 15.2. The zero-order valence-corrected chi connectivity index (χ0v) is 15.6. The number of anilines is 1. The minimum Gasteiger partial charge on any atom is -0.333 e. The SMILES string of the molecule is CC(C)N(C)Cc1ncn2c1CN(C(=O)Nc1ccc(F)cc1)CCC2. The molecule has 1 aromatic heterocycles. The van der Waals surface area contributed by atoms with E-state index < -0.39 is 0 Å². The highest BCUT2D eigenvalue weighted by atomic mass is 19.1. The van der Waals surface area contributed by atoms with Crippen LogP contribution in [0.4, 0.5) is 14.9 Å². The minimum atomic E-state index is -0.319. The van der Waals surface area contributed by atoms with Crippen LogP contribution in [0.5, 0.6) is 0 Å². The van der Waals surface area contributed by atoms with Crippen LogP contribution in [0.1, 0.15) is 31.7 Å². The number of imidazole rings is 1. The zero-order chi connectivity index (χ0) is 18.7. The topological polar surface area (TPSA) is 53.4 Å². The van der Waals surface area contributed by atoms with Gasteiger partial charge in [-0.1, -0.05) is 0 Å². The lowest BCUT2D eigenvalue weighted by atomic mass is 10.2. The molecule has 2 heterocycles. The molecule has 7 heteroatoms. The van der Waals surface area contributed by atoms with Gasteiger partial charge in [0, 0.05) is 31.4 Å². The number of halogens is 1. The van der Waals surface area contributed by atoms with Crippen LogP contribution in [0.3, 0.4) is 0 Å². The lowest BCUT2D eigenvalue weighted by Gasteiger charge is -2.23. The Morgan fingerprint density at radius 1 is 1.31 bits per heavy atom. The van der Waals surface area contributed by atoms with Crippen LogP contribution in [0, 0.1) is 5.82 Å². The molecule has 1 aliphatic heterocycles. The summed E-state index contributed by atoms with van der Waals surface area (Å²) in [5, 5.41) is 2.85. The fourth-order valence-corrected chi connectivity index (χ4v) is 2.98. The van der Waals surface area contributed by atoms with E-state index in [1.807, 2.05) is 6.33 Å². The van der Waals surface area contributed by atoms with E-state index in [0.29, 0.717) is 24.8 Å². The van der Waals surface area contributed by atoms with Gasteiger partial charge in [0.1, 0.15) is 5.82 Å². The number of carbonyl (C=O) groups is 1. The molecule has 0 unspecified atom stereocenters. The quantitative estimate of drug-likeness (QED) is 0.911. The van der Waals surface area contributed by atoms with Gasteiger partial charge < -0.3 is 14.8 Å². The summed E-state index contributed by atoms with van der Waals surface area (Å²) in [4.78, 5) is 21.3. The monoisotopic (exact) mass is 359 g/mol. The summed E-state index contributed by atoms with van der Waals surface area (Å²) in [5.41, 5.74) is 2.70. The smallest absolute Gasteiger partial charge is 0.322 e. The van der Waals surface area contributed by atoms with E-state index in [1.54, 1.807) is 17.0 Å². The van der Waals surface area contributed by atoms with Crippen LogP contribution < -0.4 is 5.32 Å². The van der Waals surface area contributed by atoms with Crippen molar-refractivity contribution in [2.45, 2.75) is 45.9 Å². The molecule has 1 aromatic carbocycles. The lowest BCUT2D eigenvalue weighted by molar-refractivity contribution is 0.209. The van der Waals surface area contributed by atoms with Crippen molar-refractivity contribution in [1.82, 2.24) is 19.4 Å². The molecular weight excluding hydrogens is 333 g/mol. The maximum atomic E-state index is 13.0. The van der Waals surface area contributed by atoms with Crippen molar-refractivity contribution in [2.24, 2.45) is 0 Å². The second-order valence-electron chi connectivity index (χ2n) is 7.05. The fraction of sp³-hybridized carbons (Fsp3) is 0.474. The number of hydrogen-bond donors (Lipinski definition) is 1. The van der Waals surface area contributed by atoms with E-state index in [4.69, 9.17) is 0 Å². The fourth-order valence-electron chi connectivity index (χ4n) is 2.98. The van der Waals surface area contributed by atoms with E-state index in [2.05, 4.69) is 40.7 Å². The highest BCUT2D eigenvalue weighted by Gasteiger charge is 2.23. The maximum Gasteiger partial charge on any atom is 0.322 e. The molecule has 140 valence electrons. The molecule has 6 nitrogen and oxygen atoms in total. The van der Waals surface area contributed by atoms with Crippen LogP contribution >= 0.6 is 0 Å². The first-order valence-corrected chi connectivity index (χ1v) is 8.98. The number of nitrogens with one attached hydrogen (secondary N) is 1. The van der Waals surface area contributed by atoms with E-state index >= 15 is 0 Å². The molecule has 1 aliphatic rings. The van der Waals surface area contributed by atoms with Crippen molar-refractivity contribution >= 4 is 11.7 Å². The molecule has 0 saturated heterocycles. The molecule has 0 bridgehead atoms. The average Bonchev–Trinajstić information content (AvgIpc) is 2.85. The van der Waals surface area contributed by atoms with Gasteiger partial charge in [-0.3, -0.25) is 4.90 Å². The zero-order valence-electron chi connectivity index (χ0n) is 15.6. The highest BCUT2D eigenvalue weighted by molar-refractivity contribution is 5.89. The third-order valence-electron chi connectivity index (χ3n) is 4.86. The molecule has 0 saturated carbocycles. The Bertz CT molecular complexity index is 756. The molecule has 0 aliphatic carbocycles. The van der Waals surface area contributed by atoms with Crippen molar-refractivity contribution < 1.29 is 9.18 Å². The Hall–Kier alpha value is -2.41. The Labute approximate surface area is 153 Å². The second kappa shape index (κ2) is 7.86. The molecule has 1 N–H and O–H groups in total. The first kappa shape index (κ1) is 18.4. The van der Waals surface area contributed by atoms with Gasteiger partial charge in [-0.25, -0.2) is 14.2 Å². The molecule has 3 rings (SSSR count). The Balaban J connectivity index is 1.72. The van der Waals surface area contributed by atoms with E-state index in [9.17, 15) is 9.18 Å². The Morgan fingerprint density at radius 3 is 2.73 bits per heavy atom. The van der Waals surface area contributed by atoms with Crippen molar-refractivity contribution in [3.8, 4) is 0 Å². The van der Waals surface area contributed by atoms with Gasteiger partial charge >= 0.3 is 6.03 Å². The Morgan fingerprint density at radius 2 is 2.04 bits per heavy atom. The highest BCUT2D eigenvalue weighted by Crippen LogP contribution is 2.19. The molecule has 2 aromatic rings. The van der Waals surface area contributed by atoms with Crippen molar-refractivity contribution in [3.05, 3.63) is 47.8 Å². The third-order valence-corrected chi connectivity index (χ3v) is 4.86. The first-order valence-electron chi connectivity index (χ1n) is 8.98. The number of urea groups is 1. The van der Waals surface area contributed by atoms with E-state index in [-0.39, 0.29) is 11.8 Å². The maximum absolute atomic E-state index is 13.0. The predicted molar refractivity (Wildman–Crippen MR) is 99.3 cm³/mol. The van der Waals surface area contributed by atoms with Crippen molar-refractivity contribution in [2.75, 3.05) is 18.9 Å². The van der Waals surface area contributed by atoms with Gasteiger partial charge in [0.25, 0.3) is 0 Å². The van der Waals surface area contributed by atoms with E-state index in [0.717, 1.165) is 30.9 Å². The largest absolute Gasteiger partial charge is 0.333 e. The molecule has 26 heavy (non-hydrogen) atoms. The number of fused-ring (bicyclic) bond motifs is 1. The number of aryl methyl sites for hydroxylation is 1. The van der Waals surface area contributed by atoms with Crippen LogP contribution in [0.15, 0.2) is 30.6 Å². The van der Waals surface area contributed by atoms with E-state index in [1.165, 1.54) is 12.1 Å². The summed E-state index contributed by atoms with van der Waals surface area (Å²) in [5.74, 6) is -0.319. The van der Waals surface area contributed by atoms with Crippen molar-refractivity contribution in [1.29, 1.82) is 0 Å². The van der Waals surface area contributed by atoms with Gasteiger partial charge in [-0.05, 0) is 51.6 Å². The number of benzene rings is 1. The van der Waals surface area contributed by atoms with Crippen LogP contribution in [-0.4, -0.2) is 45.0 Å². The van der Waals surface area contributed by atoms with Crippen molar-refractivity contribution in [3.63, 3.8) is 0 Å². The molecule has 0 atom stereocenters. The number of rotatable bonds is 4. The van der Waals surface area contributed by atoms with Gasteiger partial charge in [-0.15, -0.1) is 0 Å². The summed E-state index contributed by atoms with van der Waals surface area (Å²) in [6.07, 6.45) is 2.75. The van der Waals surface area contributed by atoms with Gasteiger partial charge in [-0.2, -0.15) is 0 Å². The first-order chi connectivity index (χ1) is 12.4. The van der Waals surface area contributed by atoms with Gasteiger partial charge in [0.05, 0.1) is 24.3 Å². The lowest BCUT2D eigenvalue weighted by Crippen LogP contribution is -2.35. The average molecular weight is 359 g/mol. The Kier molecular flexibility index (Phi) is 5.56. The second-order valence-corrected chi connectivity index (χ2v) is 7.05. The summed E-state index contributed by atoms with van der Waals surface area (Å²) in [7, 11) is 2.08. The predicted octanol–water partition coefficient (Wildman–Crippen LogP) is 3.30. The molecule has 0 spiro atoms. The number of aromatic nitrogens is 2. The number of amides is 2. The summed E-state index contributed by atoms with van der Waals surface area (Å²) in [6, 6.07) is 6.07. The van der Waals surface area contributed by atoms with Gasteiger partial charge in [0.2, 0.25) is 0 Å². The standard InChI is InChI=1S/C19H26FN5O/c1-14(2)23(3)11-17-18-12-24(9-4-10-25(18)13-21-17)19(26)22-16-7-5-15(20)6-8-16/h5-8,13-14H,4,9-12H2,1-3H3,(H,22,26). The number of carbonyl (C=O) groups excluding carboxylic acids is 1. The molecule has 0 radical (unpaired) electrons. The van der Waals surface area contributed by atoms with Crippen LogP contribution in [0.25, 0.3) is 0 Å². The van der Waals surface area contributed by atoms with Crippen LogP contribution in [-0.2, 0) is 19.6 Å². The molecule has 0 fully saturated rings. The molecular formula is C19H26FN5O. The molecule has 2 amide bonds. The third kappa shape index (κ3) is 4.22. The van der Waals surface area contributed by atoms with Crippen LogP contribution in [0.2, 0.25) is 0 Å². The normalized spacial score (nSPS) is 14.5. The summed E-state index contributed by atoms with van der Waals surface area (Å²) >= 11 is 0. The number of nitrogens with zero attached hydrogens (tertiary/aromatic N) is 4. The number of hydrogen-bond acceptors (Lipinski definition) is 3. The van der Waals surface area contributed by atoms with Gasteiger partial charge in [0.15, 0.2) is 0 Å².